The Morgan fingerprint density at radius 1 is 1.17 bits per heavy atom. The van der Waals surface area contributed by atoms with Crippen LogP contribution < -0.4 is 0 Å². The molecule has 1 unspecified atom stereocenters. The van der Waals surface area contributed by atoms with E-state index in [1.807, 2.05) is 30.3 Å². The van der Waals surface area contributed by atoms with Crippen molar-refractivity contribution < 1.29 is 14.7 Å². The first-order valence-electron chi connectivity index (χ1n) is 6.49. The van der Waals surface area contributed by atoms with Crippen molar-refractivity contribution in [1.29, 1.82) is 0 Å². The summed E-state index contributed by atoms with van der Waals surface area (Å²) in [6, 6.07) is 9.28. The Hall–Kier alpha value is -1.64. The summed E-state index contributed by atoms with van der Waals surface area (Å²) in [5.41, 5.74) is 0.830. The van der Waals surface area contributed by atoms with E-state index in [1.54, 1.807) is 0 Å². The lowest BCUT2D eigenvalue weighted by atomic mass is 9.84. The Morgan fingerprint density at radius 3 is 2.33 bits per heavy atom. The molecule has 1 fully saturated rings. The van der Waals surface area contributed by atoms with Crippen LogP contribution in [0.2, 0.25) is 0 Å². The number of Topliss-reactive ketones (excluding diaryl/α,β-unsaturated/α-hetero) is 1. The normalized spacial score (nSPS) is 17.6. The van der Waals surface area contributed by atoms with Crippen LogP contribution in [-0.2, 0) is 9.59 Å². The van der Waals surface area contributed by atoms with Crippen molar-refractivity contribution in [3.8, 4) is 0 Å². The van der Waals surface area contributed by atoms with Crippen LogP contribution in [0.5, 0.6) is 0 Å². The van der Waals surface area contributed by atoms with Crippen LogP contribution in [0.25, 0.3) is 0 Å². The summed E-state index contributed by atoms with van der Waals surface area (Å²) in [6.45, 7) is 0. The number of carboxylic acid groups (broad SMARTS) is 1. The van der Waals surface area contributed by atoms with Gasteiger partial charge >= 0.3 is 5.97 Å². The maximum Gasteiger partial charge on any atom is 0.304 e. The molecule has 1 aliphatic rings. The van der Waals surface area contributed by atoms with Gasteiger partial charge in [0.1, 0.15) is 5.78 Å². The van der Waals surface area contributed by atoms with Gasteiger partial charge in [-0.1, -0.05) is 43.2 Å². The van der Waals surface area contributed by atoms with E-state index in [0.29, 0.717) is 0 Å². The van der Waals surface area contributed by atoms with E-state index in [2.05, 4.69) is 0 Å². The van der Waals surface area contributed by atoms with E-state index < -0.39 is 11.9 Å². The minimum absolute atomic E-state index is 0.0644. The van der Waals surface area contributed by atoms with E-state index >= 15 is 0 Å². The first-order chi connectivity index (χ1) is 8.68. The van der Waals surface area contributed by atoms with Crippen molar-refractivity contribution in [2.24, 2.45) is 5.92 Å². The molecule has 0 amide bonds. The molecule has 3 heteroatoms. The average molecular weight is 246 g/mol. The summed E-state index contributed by atoms with van der Waals surface area (Å²) in [4.78, 5) is 23.4. The third-order valence-corrected chi connectivity index (χ3v) is 3.68. The van der Waals surface area contributed by atoms with E-state index in [9.17, 15) is 9.59 Å². The maximum absolute atomic E-state index is 12.4. The topological polar surface area (TPSA) is 54.4 Å². The lowest BCUT2D eigenvalue weighted by Gasteiger charge is -2.18. The van der Waals surface area contributed by atoms with Gasteiger partial charge in [0.2, 0.25) is 0 Å². The highest BCUT2D eigenvalue weighted by molar-refractivity contribution is 5.91. The summed E-state index contributed by atoms with van der Waals surface area (Å²) in [5.74, 6) is -1.21. The van der Waals surface area contributed by atoms with Crippen LogP contribution in [-0.4, -0.2) is 16.9 Å². The summed E-state index contributed by atoms with van der Waals surface area (Å²) in [5, 5.41) is 8.98. The minimum Gasteiger partial charge on any atom is -0.481 e. The first kappa shape index (κ1) is 12.8. The largest absolute Gasteiger partial charge is 0.481 e. The molecule has 96 valence electrons. The fourth-order valence-electron chi connectivity index (χ4n) is 2.74. The van der Waals surface area contributed by atoms with Gasteiger partial charge in [0.25, 0.3) is 0 Å². The predicted octanol–water partition coefficient (Wildman–Crippen LogP) is 3.00. The monoisotopic (exact) mass is 246 g/mol. The number of carboxylic acids is 1. The molecule has 0 aromatic heterocycles. The van der Waals surface area contributed by atoms with Gasteiger partial charge in [0.05, 0.1) is 12.3 Å². The van der Waals surface area contributed by atoms with Gasteiger partial charge in [-0.2, -0.15) is 0 Å². The summed E-state index contributed by atoms with van der Waals surface area (Å²) in [6.07, 6.45) is 3.92. The molecule has 0 bridgehead atoms. The lowest BCUT2D eigenvalue weighted by molar-refractivity contribution is -0.139. The number of carbonyl (C=O) groups is 2. The zero-order chi connectivity index (χ0) is 13.0. The lowest BCUT2D eigenvalue weighted by Crippen LogP contribution is -2.22. The fraction of sp³-hybridized carbons (Fsp3) is 0.467. The number of ketones is 1. The Bertz CT molecular complexity index is 419. The third kappa shape index (κ3) is 2.97. The second kappa shape index (κ2) is 5.80. The number of benzene rings is 1. The van der Waals surface area contributed by atoms with E-state index in [4.69, 9.17) is 5.11 Å². The highest BCUT2D eigenvalue weighted by Gasteiger charge is 2.31. The molecule has 18 heavy (non-hydrogen) atoms. The molecule has 0 heterocycles. The van der Waals surface area contributed by atoms with Gasteiger partial charge in [0, 0.05) is 5.92 Å². The first-order valence-corrected chi connectivity index (χ1v) is 6.49. The van der Waals surface area contributed by atoms with E-state index in [-0.39, 0.29) is 18.1 Å². The Labute approximate surface area is 107 Å². The van der Waals surface area contributed by atoms with E-state index in [0.717, 1.165) is 31.2 Å². The van der Waals surface area contributed by atoms with E-state index in [1.165, 1.54) is 0 Å². The molecular formula is C15H18O3. The Morgan fingerprint density at radius 2 is 1.78 bits per heavy atom. The van der Waals surface area contributed by atoms with Gasteiger partial charge in [-0.25, -0.2) is 0 Å². The van der Waals surface area contributed by atoms with Gasteiger partial charge in [-0.3, -0.25) is 9.59 Å². The summed E-state index contributed by atoms with van der Waals surface area (Å²) in [7, 11) is 0. The predicted molar refractivity (Wildman–Crippen MR) is 68.4 cm³/mol. The van der Waals surface area contributed by atoms with Crippen LogP contribution in [0.4, 0.5) is 0 Å². The number of hydrogen-bond acceptors (Lipinski definition) is 2. The molecule has 1 aliphatic carbocycles. The molecule has 1 N–H and O–H groups in total. The minimum atomic E-state index is -0.907. The second-order valence-electron chi connectivity index (χ2n) is 4.94. The van der Waals surface area contributed by atoms with Crippen LogP contribution in [0, 0.1) is 5.92 Å². The fourth-order valence-corrected chi connectivity index (χ4v) is 2.74. The molecule has 3 nitrogen and oxygen atoms in total. The summed E-state index contributed by atoms with van der Waals surface area (Å²) < 4.78 is 0. The number of carbonyl (C=O) groups excluding carboxylic acids is 1. The zero-order valence-electron chi connectivity index (χ0n) is 10.3. The van der Waals surface area contributed by atoms with Crippen molar-refractivity contribution in [2.45, 2.75) is 38.0 Å². The van der Waals surface area contributed by atoms with Gasteiger partial charge in [-0.15, -0.1) is 0 Å². The average Bonchev–Trinajstić information content (AvgIpc) is 2.90. The van der Waals surface area contributed by atoms with Crippen molar-refractivity contribution in [1.82, 2.24) is 0 Å². The van der Waals surface area contributed by atoms with Crippen LogP contribution in [0.1, 0.15) is 43.6 Å². The van der Waals surface area contributed by atoms with Gasteiger partial charge in [-0.05, 0) is 18.4 Å². The van der Waals surface area contributed by atoms with Crippen molar-refractivity contribution in [3.05, 3.63) is 35.9 Å². The SMILES string of the molecule is O=C(O)CC(C(=O)C1CCCC1)c1ccccc1. The van der Waals surface area contributed by atoms with Crippen LogP contribution in [0.15, 0.2) is 30.3 Å². The Kier molecular flexibility index (Phi) is 4.13. The number of rotatable bonds is 5. The molecule has 1 aromatic carbocycles. The third-order valence-electron chi connectivity index (χ3n) is 3.68. The van der Waals surface area contributed by atoms with Crippen molar-refractivity contribution in [3.63, 3.8) is 0 Å². The molecular weight excluding hydrogens is 228 g/mol. The molecule has 1 atom stereocenters. The maximum atomic E-state index is 12.4. The van der Waals surface area contributed by atoms with Crippen molar-refractivity contribution in [2.75, 3.05) is 0 Å². The molecule has 1 saturated carbocycles. The van der Waals surface area contributed by atoms with Gasteiger partial charge in [0.15, 0.2) is 0 Å². The van der Waals surface area contributed by atoms with Crippen molar-refractivity contribution >= 4 is 11.8 Å². The molecule has 2 rings (SSSR count). The molecule has 0 spiro atoms. The molecule has 1 aromatic rings. The van der Waals surface area contributed by atoms with Crippen LogP contribution >= 0.6 is 0 Å². The van der Waals surface area contributed by atoms with Gasteiger partial charge < -0.3 is 5.11 Å². The zero-order valence-corrected chi connectivity index (χ0v) is 10.3. The standard InChI is InChI=1S/C15H18O3/c16-14(17)10-13(11-6-2-1-3-7-11)15(18)12-8-4-5-9-12/h1-3,6-7,12-13H,4-5,8-10H2,(H,16,17). The summed E-state index contributed by atoms with van der Waals surface area (Å²) >= 11 is 0. The highest BCUT2D eigenvalue weighted by Crippen LogP contribution is 2.32. The molecule has 0 saturated heterocycles. The number of hydrogen-bond donors (Lipinski definition) is 1. The Balaban J connectivity index is 2.19. The smallest absolute Gasteiger partial charge is 0.304 e. The second-order valence-corrected chi connectivity index (χ2v) is 4.94. The quantitative estimate of drug-likeness (QED) is 0.868. The number of aliphatic carboxylic acids is 1. The van der Waals surface area contributed by atoms with Crippen LogP contribution in [0.3, 0.4) is 0 Å². The highest BCUT2D eigenvalue weighted by atomic mass is 16.4. The molecule has 0 aliphatic heterocycles. The molecule has 0 radical (unpaired) electrons.